The standard InChI is InChI=1S/C18H17NO4/c1-21-14-6-8-15(9-7-14)22-11-10-19-18(20)17-12-13-4-2-3-5-16(13)23-17/h2-9,12H,10-11H2,1H3,(H,19,20). The number of hydrogen-bond donors (Lipinski definition) is 1. The third-order valence-electron chi connectivity index (χ3n) is 3.37. The summed E-state index contributed by atoms with van der Waals surface area (Å²) >= 11 is 0. The maximum absolute atomic E-state index is 12.0. The molecule has 1 aromatic heterocycles. The van der Waals surface area contributed by atoms with Crippen LogP contribution in [0.1, 0.15) is 10.6 Å². The molecule has 0 aliphatic carbocycles. The van der Waals surface area contributed by atoms with E-state index in [2.05, 4.69) is 5.32 Å². The largest absolute Gasteiger partial charge is 0.497 e. The molecule has 3 rings (SSSR count). The zero-order chi connectivity index (χ0) is 16.1. The fourth-order valence-electron chi connectivity index (χ4n) is 2.19. The van der Waals surface area contributed by atoms with Gasteiger partial charge in [0.05, 0.1) is 13.7 Å². The van der Waals surface area contributed by atoms with E-state index in [1.165, 1.54) is 0 Å². The first-order valence-corrected chi connectivity index (χ1v) is 7.30. The molecule has 118 valence electrons. The summed E-state index contributed by atoms with van der Waals surface area (Å²) in [6, 6.07) is 16.5. The molecule has 1 amide bonds. The van der Waals surface area contributed by atoms with Gasteiger partial charge < -0.3 is 19.2 Å². The average Bonchev–Trinajstić information content (AvgIpc) is 3.03. The van der Waals surface area contributed by atoms with Crippen LogP contribution in [0, 0.1) is 0 Å². The van der Waals surface area contributed by atoms with Crippen LogP contribution in [0.2, 0.25) is 0 Å². The number of nitrogens with one attached hydrogen (secondary N) is 1. The van der Waals surface area contributed by atoms with Gasteiger partial charge in [0.2, 0.25) is 0 Å². The molecule has 5 nitrogen and oxygen atoms in total. The Bertz CT molecular complexity index is 759. The summed E-state index contributed by atoms with van der Waals surface area (Å²) in [6.45, 7) is 0.764. The van der Waals surface area contributed by atoms with Gasteiger partial charge in [-0.1, -0.05) is 18.2 Å². The van der Waals surface area contributed by atoms with Crippen LogP contribution in [-0.4, -0.2) is 26.2 Å². The van der Waals surface area contributed by atoms with E-state index in [1.807, 2.05) is 48.5 Å². The van der Waals surface area contributed by atoms with Crippen molar-refractivity contribution in [3.8, 4) is 11.5 Å². The highest BCUT2D eigenvalue weighted by atomic mass is 16.5. The van der Waals surface area contributed by atoms with Crippen molar-refractivity contribution < 1.29 is 18.7 Å². The van der Waals surface area contributed by atoms with E-state index in [9.17, 15) is 4.79 Å². The molecule has 0 saturated heterocycles. The second kappa shape index (κ2) is 6.87. The Morgan fingerprint density at radius 1 is 1.09 bits per heavy atom. The van der Waals surface area contributed by atoms with Gasteiger partial charge in [-0.2, -0.15) is 0 Å². The summed E-state index contributed by atoms with van der Waals surface area (Å²) in [6.07, 6.45) is 0. The van der Waals surface area contributed by atoms with Crippen molar-refractivity contribution in [2.75, 3.05) is 20.3 Å². The maximum atomic E-state index is 12.0. The van der Waals surface area contributed by atoms with E-state index >= 15 is 0 Å². The third-order valence-corrected chi connectivity index (χ3v) is 3.37. The number of para-hydroxylation sites is 1. The van der Waals surface area contributed by atoms with Gasteiger partial charge in [0.25, 0.3) is 5.91 Å². The summed E-state index contributed by atoms with van der Waals surface area (Å²) in [5.41, 5.74) is 0.701. The Hall–Kier alpha value is -2.95. The maximum Gasteiger partial charge on any atom is 0.287 e. The number of carbonyl (C=O) groups excluding carboxylic acids is 1. The van der Waals surface area contributed by atoms with Gasteiger partial charge in [0.15, 0.2) is 5.76 Å². The minimum atomic E-state index is -0.250. The molecule has 1 N–H and O–H groups in total. The fraction of sp³-hybridized carbons (Fsp3) is 0.167. The number of carbonyl (C=O) groups is 1. The smallest absolute Gasteiger partial charge is 0.287 e. The summed E-state index contributed by atoms with van der Waals surface area (Å²) < 4.78 is 16.1. The van der Waals surface area contributed by atoms with Crippen molar-refractivity contribution in [2.24, 2.45) is 0 Å². The topological polar surface area (TPSA) is 60.7 Å². The van der Waals surface area contributed by atoms with Crippen LogP contribution in [0.25, 0.3) is 11.0 Å². The lowest BCUT2D eigenvalue weighted by Gasteiger charge is -2.07. The second-order valence-electron chi connectivity index (χ2n) is 4.93. The van der Waals surface area contributed by atoms with Crippen LogP contribution in [-0.2, 0) is 0 Å². The molecule has 0 fully saturated rings. The highest BCUT2D eigenvalue weighted by molar-refractivity contribution is 5.96. The summed E-state index contributed by atoms with van der Waals surface area (Å²) in [5.74, 6) is 1.55. The predicted molar refractivity (Wildman–Crippen MR) is 87.0 cm³/mol. The molecule has 0 atom stereocenters. The normalized spacial score (nSPS) is 10.5. The molecular weight excluding hydrogens is 294 g/mol. The van der Waals surface area contributed by atoms with E-state index in [1.54, 1.807) is 13.2 Å². The first-order valence-electron chi connectivity index (χ1n) is 7.30. The third kappa shape index (κ3) is 3.63. The number of methoxy groups -OCH3 is 1. The fourth-order valence-corrected chi connectivity index (χ4v) is 2.19. The van der Waals surface area contributed by atoms with Crippen LogP contribution in [0.4, 0.5) is 0 Å². The molecule has 0 aliphatic rings. The van der Waals surface area contributed by atoms with Gasteiger partial charge in [0.1, 0.15) is 23.7 Å². The molecule has 0 radical (unpaired) electrons. The Morgan fingerprint density at radius 2 is 1.83 bits per heavy atom. The average molecular weight is 311 g/mol. The SMILES string of the molecule is COc1ccc(OCCNC(=O)c2cc3ccccc3o2)cc1. The van der Waals surface area contributed by atoms with Crippen molar-refractivity contribution >= 4 is 16.9 Å². The number of benzene rings is 2. The highest BCUT2D eigenvalue weighted by Gasteiger charge is 2.11. The van der Waals surface area contributed by atoms with E-state index in [0.717, 1.165) is 16.9 Å². The summed E-state index contributed by atoms with van der Waals surface area (Å²) in [7, 11) is 1.61. The molecule has 0 unspecified atom stereocenters. The molecule has 1 heterocycles. The molecule has 3 aromatic rings. The minimum Gasteiger partial charge on any atom is -0.497 e. The van der Waals surface area contributed by atoms with Crippen molar-refractivity contribution in [1.82, 2.24) is 5.32 Å². The van der Waals surface area contributed by atoms with Crippen LogP contribution in [0.15, 0.2) is 59.0 Å². The first kappa shape index (κ1) is 15.0. The summed E-state index contributed by atoms with van der Waals surface area (Å²) in [4.78, 5) is 12.0. The van der Waals surface area contributed by atoms with Gasteiger partial charge in [-0.25, -0.2) is 0 Å². The number of hydrogen-bond acceptors (Lipinski definition) is 4. The lowest BCUT2D eigenvalue weighted by atomic mass is 10.2. The zero-order valence-electron chi connectivity index (χ0n) is 12.7. The predicted octanol–water partition coefficient (Wildman–Crippen LogP) is 3.25. The van der Waals surface area contributed by atoms with Crippen molar-refractivity contribution in [3.05, 3.63) is 60.4 Å². The number of furan rings is 1. The minimum absolute atomic E-state index is 0.250. The molecule has 0 saturated carbocycles. The van der Waals surface area contributed by atoms with E-state index < -0.39 is 0 Å². The second-order valence-corrected chi connectivity index (χ2v) is 4.93. The van der Waals surface area contributed by atoms with Gasteiger partial charge in [-0.05, 0) is 36.4 Å². The monoisotopic (exact) mass is 311 g/mol. The Kier molecular flexibility index (Phi) is 4.47. The number of ether oxygens (including phenoxy) is 2. The first-order chi connectivity index (χ1) is 11.3. The van der Waals surface area contributed by atoms with Crippen LogP contribution in [0.5, 0.6) is 11.5 Å². The van der Waals surface area contributed by atoms with Gasteiger partial charge in [-0.3, -0.25) is 4.79 Å². The van der Waals surface area contributed by atoms with Crippen LogP contribution < -0.4 is 14.8 Å². The lowest BCUT2D eigenvalue weighted by molar-refractivity contribution is 0.0921. The Labute approximate surface area is 133 Å². The van der Waals surface area contributed by atoms with Crippen molar-refractivity contribution in [1.29, 1.82) is 0 Å². The molecule has 0 spiro atoms. The van der Waals surface area contributed by atoms with Crippen molar-refractivity contribution in [2.45, 2.75) is 0 Å². The van der Waals surface area contributed by atoms with Crippen LogP contribution >= 0.6 is 0 Å². The molecule has 23 heavy (non-hydrogen) atoms. The number of fused-ring (bicyclic) bond motifs is 1. The summed E-state index contributed by atoms with van der Waals surface area (Å²) in [5, 5.41) is 3.68. The van der Waals surface area contributed by atoms with Crippen LogP contribution in [0.3, 0.4) is 0 Å². The number of amides is 1. The quantitative estimate of drug-likeness (QED) is 0.710. The van der Waals surface area contributed by atoms with E-state index in [-0.39, 0.29) is 5.91 Å². The van der Waals surface area contributed by atoms with Gasteiger partial charge in [0, 0.05) is 5.39 Å². The molecule has 0 bridgehead atoms. The van der Waals surface area contributed by atoms with Gasteiger partial charge in [-0.15, -0.1) is 0 Å². The molecular formula is C18H17NO4. The Morgan fingerprint density at radius 3 is 2.57 bits per heavy atom. The van der Waals surface area contributed by atoms with Gasteiger partial charge >= 0.3 is 0 Å². The molecule has 0 aliphatic heterocycles. The number of rotatable bonds is 6. The van der Waals surface area contributed by atoms with Crippen molar-refractivity contribution in [3.63, 3.8) is 0 Å². The van der Waals surface area contributed by atoms with E-state index in [0.29, 0.717) is 24.5 Å². The van der Waals surface area contributed by atoms with E-state index in [4.69, 9.17) is 13.9 Å². The Balaban J connectivity index is 1.48. The molecule has 2 aromatic carbocycles. The zero-order valence-corrected chi connectivity index (χ0v) is 12.7. The lowest BCUT2D eigenvalue weighted by Crippen LogP contribution is -2.27. The molecule has 5 heteroatoms. The highest BCUT2D eigenvalue weighted by Crippen LogP contribution is 2.19.